The monoisotopic (exact) mass is 232 g/mol. The Morgan fingerprint density at radius 2 is 2.12 bits per heavy atom. The zero-order valence-corrected chi connectivity index (χ0v) is 11.0. The fraction of sp³-hybridized carbons (Fsp3) is 0.500. The summed E-state index contributed by atoms with van der Waals surface area (Å²) >= 11 is 0. The molecule has 1 N–H and O–H groups in total. The zero-order valence-electron chi connectivity index (χ0n) is 11.0. The van der Waals surface area contributed by atoms with Crippen molar-refractivity contribution < 1.29 is 5.11 Å². The number of hydrogen-bond acceptors (Lipinski definition) is 1. The van der Waals surface area contributed by atoms with Crippen LogP contribution in [0.1, 0.15) is 50.7 Å². The van der Waals surface area contributed by atoms with Crippen molar-refractivity contribution >= 4 is 6.08 Å². The van der Waals surface area contributed by atoms with Gasteiger partial charge in [0, 0.05) is 0 Å². The molecule has 1 rings (SSSR count). The van der Waals surface area contributed by atoms with Crippen molar-refractivity contribution in [2.45, 2.75) is 52.1 Å². The van der Waals surface area contributed by atoms with Crippen LogP contribution in [0.15, 0.2) is 30.3 Å². The van der Waals surface area contributed by atoms with Gasteiger partial charge in [-0.15, -0.1) is 0 Å². The minimum absolute atomic E-state index is 0.153. The Labute approximate surface area is 105 Å². The molecule has 0 fully saturated rings. The highest BCUT2D eigenvalue weighted by atomic mass is 16.3. The van der Waals surface area contributed by atoms with Crippen LogP contribution < -0.4 is 0 Å². The van der Waals surface area contributed by atoms with E-state index in [1.807, 2.05) is 6.92 Å². The number of allylic oxidation sites excluding steroid dienone is 1. The molecule has 0 unspecified atom stereocenters. The van der Waals surface area contributed by atoms with Crippen LogP contribution in [0.3, 0.4) is 0 Å². The smallest absolute Gasteiger partial charge is 0.0512 e. The van der Waals surface area contributed by atoms with Gasteiger partial charge in [-0.1, -0.05) is 49.8 Å². The molecule has 0 saturated heterocycles. The molecule has 0 heterocycles. The molecule has 0 saturated carbocycles. The summed E-state index contributed by atoms with van der Waals surface area (Å²) in [5.74, 6) is 0. The molecule has 1 aromatic rings. The lowest BCUT2D eigenvalue weighted by molar-refractivity contribution is 0.181. The van der Waals surface area contributed by atoms with Gasteiger partial charge in [0.15, 0.2) is 0 Å². The first kappa shape index (κ1) is 14.0. The van der Waals surface area contributed by atoms with E-state index in [-0.39, 0.29) is 6.10 Å². The third-order valence-electron chi connectivity index (χ3n) is 2.91. The summed E-state index contributed by atoms with van der Waals surface area (Å²) in [5.41, 5.74) is 2.68. The quantitative estimate of drug-likeness (QED) is 0.698. The second kappa shape index (κ2) is 8.08. The number of unbranched alkanes of at least 4 members (excludes halogenated alkanes) is 2. The van der Waals surface area contributed by atoms with Crippen LogP contribution in [0.2, 0.25) is 0 Å². The summed E-state index contributed by atoms with van der Waals surface area (Å²) in [6, 6.07) is 8.67. The number of aryl methyl sites for hydroxylation is 1. The number of hydrogen-bond donors (Lipinski definition) is 1. The molecule has 1 aromatic carbocycles. The second-order valence-electron chi connectivity index (χ2n) is 4.63. The molecule has 1 atom stereocenters. The maximum Gasteiger partial charge on any atom is 0.0512 e. The van der Waals surface area contributed by atoms with Crippen molar-refractivity contribution in [1.82, 2.24) is 0 Å². The molecule has 0 aliphatic heterocycles. The van der Waals surface area contributed by atoms with Crippen LogP contribution in [-0.4, -0.2) is 11.2 Å². The van der Waals surface area contributed by atoms with Crippen molar-refractivity contribution in [2.75, 3.05) is 0 Å². The minimum atomic E-state index is -0.153. The van der Waals surface area contributed by atoms with Gasteiger partial charge < -0.3 is 5.11 Å². The summed E-state index contributed by atoms with van der Waals surface area (Å²) in [6.45, 7) is 4.03. The third kappa shape index (κ3) is 6.28. The van der Waals surface area contributed by atoms with Gasteiger partial charge in [0.1, 0.15) is 0 Å². The van der Waals surface area contributed by atoms with Crippen LogP contribution in [0.5, 0.6) is 0 Å². The third-order valence-corrected chi connectivity index (χ3v) is 2.91. The summed E-state index contributed by atoms with van der Waals surface area (Å²) in [4.78, 5) is 0. The first-order valence-electron chi connectivity index (χ1n) is 6.66. The van der Waals surface area contributed by atoms with Crippen LogP contribution in [0.4, 0.5) is 0 Å². The predicted molar refractivity (Wildman–Crippen MR) is 75.0 cm³/mol. The van der Waals surface area contributed by atoms with Crippen LogP contribution in [-0.2, 0) is 6.42 Å². The maximum absolute atomic E-state index is 9.13. The summed E-state index contributed by atoms with van der Waals surface area (Å²) in [7, 11) is 0. The first-order chi connectivity index (χ1) is 8.22. The zero-order chi connectivity index (χ0) is 12.5. The van der Waals surface area contributed by atoms with Gasteiger partial charge in [-0.2, -0.15) is 0 Å². The van der Waals surface area contributed by atoms with Crippen LogP contribution >= 0.6 is 0 Å². The standard InChI is InChI=1S/C16H24O/c1-3-15-11-8-12-16(13-15)10-7-5-4-6-9-14(2)17/h7-8,10-14,17H,3-6,9H2,1-2H3/b10-7+/t14-/m0/s1. The van der Waals surface area contributed by atoms with E-state index in [1.54, 1.807) is 0 Å². The van der Waals surface area contributed by atoms with Gasteiger partial charge in [0.25, 0.3) is 0 Å². The molecule has 0 radical (unpaired) electrons. The Morgan fingerprint density at radius 1 is 1.29 bits per heavy atom. The normalized spacial score (nSPS) is 13.1. The molecular formula is C16H24O. The van der Waals surface area contributed by atoms with Gasteiger partial charge in [0.2, 0.25) is 0 Å². The van der Waals surface area contributed by atoms with Crippen molar-refractivity contribution in [3.8, 4) is 0 Å². The number of benzene rings is 1. The number of rotatable bonds is 7. The Hall–Kier alpha value is -1.08. The molecule has 0 aliphatic rings. The van der Waals surface area contributed by atoms with E-state index in [4.69, 9.17) is 5.11 Å². The van der Waals surface area contributed by atoms with Gasteiger partial charge in [-0.05, 0) is 43.7 Å². The molecular weight excluding hydrogens is 208 g/mol. The van der Waals surface area contributed by atoms with Gasteiger partial charge in [-0.25, -0.2) is 0 Å². The first-order valence-corrected chi connectivity index (χ1v) is 6.66. The molecule has 0 amide bonds. The van der Waals surface area contributed by atoms with E-state index in [9.17, 15) is 0 Å². The maximum atomic E-state index is 9.13. The molecule has 1 nitrogen and oxygen atoms in total. The van der Waals surface area contributed by atoms with Crippen molar-refractivity contribution in [3.05, 3.63) is 41.5 Å². The Bertz CT molecular complexity index is 339. The van der Waals surface area contributed by atoms with Crippen molar-refractivity contribution in [3.63, 3.8) is 0 Å². The lowest BCUT2D eigenvalue weighted by Gasteiger charge is -2.01. The van der Waals surface area contributed by atoms with Gasteiger partial charge in [0.05, 0.1) is 6.10 Å². The molecule has 0 spiro atoms. The van der Waals surface area contributed by atoms with Gasteiger partial charge >= 0.3 is 0 Å². The highest BCUT2D eigenvalue weighted by Gasteiger charge is 1.94. The predicted octanol–water partition coefficient (Wildman–Crippen LogP) is 4.20. The highest BCUT2D eigenvalue weighted by Crippen LogP contribution is 2.09. The van der Waals surface area contributed by atoms with Crippen molar-refractivity contribution in [1.29, 1.82) is 0 Å². The number of aliphatic hydroxyl groups excluding tert-OH is 1. The number of aliphatic hydroxyl groups is 1. The molecule has 0 aromatic heterocycles. The van der Waals surface area contributed by atoms with Crippen LogP contribution in [0.25, 0.3) is 6.08 Å². The fourth-order valence-electron chi connectivity index (χ4n) is 1.84. The highest BCUT2D eigenvalue weighted by molar-refractivity contribution is 5.50. The molecule has 17 heavy (non-hydrogen) atoms. The second-order valence-corrected chi connectivity index (χ2v) is 4.63. The van der Waals surface area contributed by atoms with Gasteiger partial charge in [-0.3, -0.25) is 0 Å². The van der Waals surface area contributed by atoms with Crippen LogP contribution in [0, 0.1) is 0 Å². The SMILES string of the molecule is CCc1cccc(/C=C/CCCC[C@H](C)O)c1. The molecule has 1 heteroatoms. The average Bonchev–Trinajstić information content (AvgIpc) is 2.33. The molecule has 0 bridgehead atoms. The summed E-state index contributed by atoms with van der Waals surface area (Å²) < 4.78 is 0. The minimum Gasteiger partial charge on any atom is -0.393 e. The molecule has 94 valence electrons. The fourth-order valence-corrected chi connectivity index (χ4v) is 1.84. The van der Waals surface area contributed by atoms with E-state index < -0.39 is 0 Å². The summed E-state index contributed by atoms with van der Waals surface area (Å²) in [5, 5.41) is 9.13. The van der Waals surface area contributed by atoms with E-state index in [2.05, 4.69) is 43.3 Å². The van der Waals surface area contributed by atoms with E-state index in [0.29, 0.717) is 0 Å². The Morgan fingerprint density at radius 3 is 2.82 bits per heavy atom. The lowest BCUT2D eigenvalue weighted by atomic mass is 10.1. The van der Waals surface area contributed by atoms with Crippen molar-refractivity contribution in [2.24, 2.45) is 0 Å². The Balaban J connectivity index is 2.28. The lowest BCUT2D eigenvalue weighted by Crippen LogP contribution is -1.97. The van der Waals surface area contributed by atoms with E-state index >= 15 is 0 Å². The average molecular weight is 232 g/mol. The largest absolute Gasteiger partial charge is 0.393 e. The van der Waals surface area contributed by atoms with E-state index in [1.165, 1.54) is 11.1 Å². The summed E-state index contributed by atoms with van der Waals surface area (Å²) in [6.07, 6.45) is 9.66. The topological polar surface area (TPSA) is 20.2 Å². The van der Waals surface area contributed by atoms with E-state index in [0.717, 1.165) is 32.1 Å². The molecule has 0 aliphatic carbocycles. The Kier molecular flexibility index (Phi) is 6.64.